The molecule has 20 heavy (non-hydrogen) atoms. The second-order valence-electron chi connectivity index (χ2n) is 4.57. The summed E-state index contributed by atoms with van der Waals surface area (Å²) in [5.41, 5.74) is 2.04. The topological polar surface area (TPSA) is 64.0 Å². The second-order valence-corrected chi connectivity index (χ2v) is 7.25. The first-order valence-corrected chi connectivity index (χ1v) is 8.41. The molecule has 5 nitrogen and oxygen atoms in total. The third kappa shape index (κ3) is 3.68. The maximum atomic E-state index is 12.1. The lowest BCUT2D eigenvalue weighted by Crippen LogP contribution is -2.27. The molecule has 0 saturated heterocycles. The summed E-state index contributed by atoms with van der Waals surface area (Å²) in [5.74, 6) is 0. The van der Waals surface area contributed by atoms with E-state index >= 15 is 0 Å². The Balaban J connectivity index is 2.02. The zero-order valence-electron chi connectivity index (χ0n) is 11.3. The van der Waals surface area contributed by atoms with E-state index in [0.717, 1.165) is 15.6 Å². The fourth-order valence-electron chi connectivity index (χ4n) is 1.72. The molecule has 0 atom stereocenters. The Morgan fingerprint density at radius 2 is 2.05 bits per heavy atom. The molecule has 0 radical (unpaired) electrons. The molecule has 0 spiro atoms. The summed E-state index contributed by atoms with van der Waals surface area (Å²) in [7, 11) is -3.47. The number of hydrogen-bond donors (Lipinski definition) is 1. The predicted octanol–water partition coefficient (Wildman–Crippen LogP) is 2.24. The van der Waals surface area contributed by atoms with Crippen LogP contribution in [0.1, 0.15) is 11.1 Å². The van der Waals surface area contributed by atoms with Crippen molar-refractivity contribution in [1.29, 1.82) is 0 Å². The van der Waals surface area contributed by atoms with Gasteiger partial charge in [0.2, 0.25) is 10.0 Å². The molecule has 0 amide bonds. The molecule has 7 heteroatoms. The first-order chi connectivity index (χ1) is 9.38. The first-order valence-electron chi connectivity index (χ1n) is 6.13. The summed E-state index contributed by atoms with van der Waals surface area (Å²) in [6, 6.07) is 5.12. The Bertz CT molecular complexity index is 710. The normalized spacial score (nSPS) is 11.8. The molecule has 108 valence electrons. The first kappa shape index (κ1) is 15.2. The third-order valence-corrected chi connectivity index (χ3v) is 4.89. The zero-order chi connectivity index (χ0) is 14.8. The maximum absolute atomic E-state index is 12.1. The van der Waals surface area contributed by atoms with Crippen LogP contribution >= 0.6 is 15.9 Å². The van der Waals surface area contributed by atoms with Crippen LogP contribution in [0.5, 0.6) is 0 Å². The van der Waals surface area contributed by atoms with Gasteiger partial charge in [0.25, 0.3) is 0 Å². The lowest BCUT2D eigenvalue weighted by Gasteiger charge is -2.08. The predicted molar refractivity (Wildman–Crippen MR) is 81.0 cm³/mol. The molecule has 0 fully saturated rings. The highest BCUT2D eigenvalue weighted by Gasteiger charge is 2.13. The standard InChI is InChI=1S/C13H16BrN3O2S/c1-10-3-4-13(7-11(10)2)20(18,19)16-5-6-17-9-12(14)8-15-17/h3-4,7-9,16H,5-6H2,1-2H3. The molecule has 0 aliphatic carbocycles. The highest BCUT2D eigenvalue weighted by atomic mass is 79.9. The number of nitrogens with zero attached hydrogens (tertiary/aromatic N) is 2. The summed E-state index contributed by atoms with van der Waals surface area (Å²) in [6.07, 6.45) is 3.46. The Morgan fingerprint density at radius 1 is 1.30 bits per heavy atom. The smallest absolute Gasteiger partial charge is 0.240 e. The van der Waals surface area contributed by atoms with Crippen molar-refractivity contribution in [3.8, 4) is 0 Å². The second kappa shape index (κ2) is 6.07. The number of nitrogens with one attached hydrogen (secondary N) is 1. The van der Waals surface area contributed by atoms with Gasteiger partial charge in [-0.25, -0.2) is 13.1 Å². The largest absolute Gasteiger partial charge is 0.270 e. The number of benzene rings is 1. The quantitative estimate of drug-likeness (QED) is 0.892. The van der Waals surface area contributed by atoms with Crippen LogP contribution in [-0.4, -0.2) is 24.7 Å². The van der Waals surface area contributed by atoms with Crippen LogP contribution in [0, 0.1) is 13.8 Å². The molecule has 0 saturated carbocycles. The van der Waals surface area contributed by atoms with E-state index in [-0.39, 0.29) is 0 Å². The zero-order valence-corrected chi connectivity index (χ0v) is 13.7. The number of sulfonamides is 1. The van der Waals surface area contributed by atoms with Gasteiger partial charge in [0.1, 0.15) is 0 Å². The maximum Gasteiger partial charge on any atom is 0.240 e. The molecule has 0 aliphatic heterocycles. The SMILES string of the molecule is Cc1ccc(S(=O)(=O)NCCn2cc(Br)cn2)cc1C. The molecule has 0 bridgehead atoms. The summed E-state index contributed by atoms with van der Waals surface area (Å²) < 4.78 is 29.4. The van der Waals surface area contributed by atoms with Crippen LogP contribution in [0.25, 0.3) is 0 Å². The molecule has 0 unspecified atom stereocenters. The molecule has 1 aromatic carbocycles. The molecule has 0 aliphatic rings. The van der Waals surface area contributed by atoms with Gasteiger partial charge < -0.3 is 0 Å². The van der Waals surface area contributed by atoms with Crippen LogP contribution in [0.2, 0.25) is 0 Å². The Kier molecular flexibility index (Phi) is 4.62. The molecule has 1 heterocycles. The number of rotatable bonds is 5. The van der Waals surface area contributed by atoms with E-state index in [0.29, 0.717) is 18.0 Å². The van der Waals surface area contributed by atoms with E-state index in [9.17, 15) is 8.42 Å². The Hall–Kier alpha value is -1.18. The molecular formula is C13H16BrN3O2S. The number of halogens is 1. The van der Waals surface area contributed by atoms with Crippen molar-refractivity contribution in [3.05, 3.63) is 46.2 Å². The molecular weight excluding hydrogens is 342 g/mol. The van der Waals surface area contributed by atoms with E-state index in [4.69, 9.17) is 0 Å². The molecule has 1 aromatic heterocycles. The van der Waals surface area contributed by atoms with Gasteiger partial charge in [-0.05, 0) is 53.0 Å². The molecule has 1 N–H and O–H groups in total. The van der Waals surface area contributed by atoms with Crippen molar-refractivity contribution in [2.24, 2.45) is 0 Å². The van der Waals surface area contributed by atoms with Crippen molar-refractivity contribution in [1.82, 2.24) is 14.5 Å². The van der Waals surface area contributed by atoms with Crippen LogP contribution in [0.4, 0.5) is 0 Å². The van der Waals surface area contributed by atoms with Crippen molar-refractivity contribution < 1.29 is 8.42 Å². The van der Waals surface area contributed by atoms with Crippen molar-refractivity contribution in [2.45, 2.75) is 25.3 Å². The number of hydrogen-bond acceptors (Lipinski definition) is 3. The van der Waals surface area contributed by atoms with E-state index in [1.807, 2.05) is 19.9 Å². The minimum Gasteiger partial charge on any atom is -0.270 e. The van der Waals surface area contributed by atoms with E-state index in [2.05, 4.69) is 25.8 Å². The van der Waals surface area contributed by atoms with Crippen LogP contribution in [-0.2, 0) is 16.6 Å². The summed E-state index contributed by atoms with van der Waals surface area (Å²) in [5, 5.41) is 4.07. The lowest BCUT2D eigenvalue weighted by atomic mass is 10.1. The van der Waals surface area contributed by atoms with Gasteiger partial charge in [0.15, 0.2) is 0 Å². The summed E-state index contributed by atoms with van der Waals surface area (Å²) >= 11 is 3.29. The summed E-state index contributed by atoms with van der Waals surface area (Å²) in [6.45, 7) is 4.63. The van der Waals surface area contributed by atoms with Gasteiger partial charge in [-0.15, -0.1) is 0 Å². The minimum atomic E-state index is -3.47. The minimum absolute atomic E-state index is 0.294. The van der Waals surface area contributed by atoms with Gasteiger partial charge in [0.05, 0.1) is 22.1 Å². The van der Waals surface area contributed by atoms with Crippen molar-refractivity contribution >= 4 is 26.0 Å². The fourth-order valence-corrected chi connectivity index (χ4v) is 3.15. The van der Waals surface area contributed by atoms with Gasteiger partial charge in [0, 0.05) is 12.7 Å². The van der Waals surface area contributed by atoms with Gasteiger partial charge in [-0.2, -0.15) is 5.10 Å². The van der Waals surface area contributed by atoms with Crippen LogP contribution < -0.4 is 4.72 Å². The van der Waals surface area contributed by atoms with Crippen molar-refractivity contribution in [3.63, 3.8) is 0 Å². The third-order valence-electron chi connectivity index (χ3n) is 3.02. The van der Waals surface area contributed by atoms with E-state index < -0.39 is 10.0 Å². The average Bonchev–Trinajstić information content (AvgIpc) is 2.78. The van der Waals surface area contributed by atoms with E-state index in [1.54, 1.807) is 29.2 Å². The van der Waals surface area contributed by atoms with Gasteiger partial charge in [-0.3, -0.25) is 4.68 Å². The number of aromatic nitrogens is 2. The van der Waals surface area contributed by atoms with Gasteiger partial charge >= 0.3 is 0 Å². The number of aryl methyl sites for hydroxylation is 2. The van der Waals surface area contributed by atoms with Crippen LogP contribution in [0.15, 0.2) is 40.0 Å². The molecule has 2 aromatic rings. The monoisotopic (exact) mass is 357 g/mol. The summed E-state index contributed by atoms with van der Waals surface area (Å²) in [4.78, 5) is 0.294. The Labute approximate surface area is 127 Å². The highest BCUT2D eigenvalue weighted by Crippen LogP contribution is 2.14. The van der Waals surface area contributed by atoms with Crippen molar-refractivity contribution in [2.75, 3.05) is 6.54 Å². The average molecular weight is 358 g/mol. The van der Waals surface area contributed by atoms with Gasteiger partial charge in [-0.1, -0.05) is 6.07 Å². The lowest BCUT2D eigenvalue weighted by molar-refractivity contribution is 0.560. The Morgan fingerprint density at radius 3 is 2.65 bits per heavy atom. The van der Waals surface area contributed by atoms with Crippen LogP contribution in [0.3, 0.4) is 0 Å². The highest BCUT2D eigenvalue weighted by molar-refractivity contribution is 9.10. The van der Waals surface area contributed by atoms with E-state index in [1.165, 1.54) is 0 Å². The molecule has 2 rings (SSSR count). The fraction of sp³-hybridized carbons (Fsp3) is 0.308.